The van der Waals surface area contributed by atoms with E-state index in [-0.39, 0.29) is 18.3 Å². The summed E-state index contributed by atoms with van der Waals surface area (Å²) in [7, 11) is 0. The van der Waals surface area contributed by atoms with Crippen molar-refractivity contribution >= 4 is 0 Å². The molecule has 0 bridgehead atoms. The van der Waals surface area contributed by atoms with Crippen LogP contribution in [0.15, 0.2) is 67.4 Å². The molecule has 4 rings (SSSR count). The standard InChI is InChI=1S/C24H24FN5O/c1-17(18-2-4-21(25)5-3-18)10-22-11-19(20-14-28-30(16-20)8-9-31)12-23(29-22)13-24-15-26-6-7-27-24/h2-7,11-12,14-17,31H,8-10,13H2,1H3/t17-/m1/s1. The van der Waals surface area contributed by atoms with E-state index in [1.165, 1.54) is 12.1 Å². The topological polar surface area (TPSA) is 76.7 Å². The lowest BCUT2D eigenvalue weighted by Gasteiger charge is -2.14. The molecule has 1 aromatic carbocycles. The molecule has 31 heavy (non-hydrogen) atoms. The van der Waals surface area contributed by atoms with Crippen molar-refractivity contribution in [2.75, 3.05) is 6.61 Å². The molecule has 0 saturated heterocycles. The number of halogens is 1. The Kier molecular flexibility index (Phi) is 6.43. The van der Waals surface area contributed by atoms with E-state index < -0.39 is 0 Å². The highest BCUT2D eigenvalue weighted by atomic mass is 19.1. The van der Waals surface area contributed by atoms with E-state index in [0.29, 0.717) is 13.0 Å². The van der Waals surface area contributed by atoms with Crippen molar-refractivity contribution in [1.29, 1.82) is 0 Å². The summed E-state index contributed by atoms with van der Waals surface area (Å²) in [6.45, 7) is 2.60. The molecular formula is C24H24FN5O. The highest BCUT2D eigenvalue weighted by Gasteiger charge is 2.13. The van der Waals surface area contributed by atoms with Crippen LogP contribution >= 0.6 is 0 Å². The molecular weight excluding hydrogens is 393 g/mol. The van der Waals surface area contributed by atoms with E-state index >= 15 is 0 Å². The number of aliphatic hydroxyl groups is 1. The van der Waals surface area contributed by atoms with Crippen molar-refractivity contribution in [3.63, 3.8) is 0 Å². The molecule has 0 aliphatic carbocycles. The molecule has 3 aromatic heterocycles. The van der Waals surface area contributed by atoms with Gasteiger partial charge in [0.15, 0.2) is 0 Å². The van der Waals surface area contributed by atoms with Crippen molar-refractivity contribution in [2.45, 2.75) is 32.2 Å². The van der Waals surface area contributed by atoms with Gasteiger partial charge in [-0.3, -0.25) is 19.6 Å². The van der Waals surface area contributed by atoms with E-state index in [1.54, 1.807) is 29.5 Å². The number of benzene rings is 1. The molecule has 0 amide bonds. The Hall–Kier alpha value is -3.45. The summed E-state index contributed by atoms with van der Waals surface area (Å²) in [5.74, 6) is -0.0490. The van der Waals surface area contributed by atoms with Gasteiger partial charge in [-0.15, -0.1) is 0 Å². The summed E-state index contributed by atoms with van der Waals surface area (Å²) >= 11 is 0. The zero-order chi connectivity index (χ0) is 21.6. The van der Waals surface area contributed by atoms with Gasteiger partial charge in [-0.05, 0) is 47.7 Å². The number of aromatic nitrogens is 5. The Labute approximate surface area is 180 Å². The minimum Gasteiger partial charge on any atom is -0.394 e. The first-order valence-electron chi connectivity index (χ1n) is 10.2. The molecule has 7 heteroatoms. The summed E-state index contributed by atoms with van der Waals surface area (Å²) in [6.07, 6.45) is 10.1. The second-order valence-corrected chi connectivity index (χ2v) is 7.58. The molecule has 6 nitrogen and oxygen atoms in total. The van der Waals surface area contributed by atoms with Crippen molar-refractivity contribution < 1.29 is 9.50 Å². The second kappa shape index (κ2) is 9.57. The first-order valence-corrected chi connectivity index (χ1v) is 10.2. The Balaban J connectivity index is 1.65. The van der Waals surface area contributed by atoms with Gasteiger partial charge in [-0.25, -0.2) is 4.39 Å². The average molecular weight is 417 g/mol. The minimum absolute atomic E-state index is 0.0375. The molecule has 158 valence electrons. The predicted octanol–water partition coefficient (Wildman–Crippen LogP) is 3.80. The monoisotopic (exact) mass is 417 g/mol. The number of hydrogen-bond donors (Lipinski definition) is 1. The summed E-state index contributed by atoms with van der Waals surface area (Å²) in [5.41, 5.74) is 5.74. The van der Waals surface area contributed by atoms with Crippen molar-refractivity contribution in [1.82, 2.24) is 24.7 Å². The normalized spacial score (nSPS) is 12.1. The molecule has 0 saturated carbocycles. The second-order valence-electron chi connectivity index (χ2n) is 7.58. The fourth-order valence-electron chi connectivity index (χ4n) is 3.58. The molecule has 0 radical (unpaired) electrons. The lowest BCUT2D eigenvalue weighted by Crippen LogP contribution is -2.04. The van der Waals surface area contributed by atoms with Gasteiger partial charge in [-0.1, -0.05) is 19.1 Å². The molecule has 0 fully saturated rings. The van der Waals surface area contributed by atoms with E-state index in [1.807, 2.05) is 24.4 Å². The van der Waals surface area contributed by atoms with E-state index in [0.717, 1.165) is 40.2 Å². The number of rotatable bonds is 8. The van der Waals surface area contributed by atoms with Gasteiger partial charge in [0.25, 0.3) is 0 Å². The number of aliphatic hydroxyl groups excluding tert-OH is 1. The van der Waals surface area contributed by atoms with Gasteiger partial charge in [0.2, 0.25) is 0 Å². The largest absolute Gasteiger partial charge is 0.394 e. The zero-order valence-electron chi connectivity index (χ0n) is 17.3. The maximum absolute atomic E-state index is 13.3. The quantitative estimate of drug-likeness (QED) is 0.472. The van der Waals surface area contributed by atoms with Crippen LogP contribution in [0.2, 0.25) is 0 Å². The van der Waals surface area contributed by atoms with Gasteiger partial charge in [0.1, 0.15) is 5.82 Å². The molecule has 0 aliphatic heterocycles. The predicted molar refractivity (Wildman–Crippen MR) is 116 cm³/mol. The highest BCUT2D eigenvalue weighted by molar-refractivity contribution is 5.62. The van der Waals surface area contributed by atoms with Gasteiger partial charge < -0.3 is 5.11 Å². The first-order chi connectivity index (χ1) is 15.1. The molecule has 0 spiro atoms. The molecule has 1 N–H and O–H groups in total. The fourth-order valence-corrected chi connectivity index (χ4v) is 3.58. The van der Waals surface area contributed by atoms with Crippen LogP contribution in [0, 0.1) is 5.82 Å². The third-order valence-corrected chi connectivity index (χ3v) is 5.16. The van der Waals surface area contributed by atoms with Crippen LogP contribution < -0.4 is 0 Å². The van der Waals surface area contributed by atoms with Crippen LogP contribution in [0.3, 0.4) is 0 Å². The lowest BCUT2D eigenvalue weighted by atomic mass is 9.94. The summed E-state index contributed by atoms with van der Waals surface area (Å²) in [6, 6.07) is 10.7. The molecule has 3 heterocycles. The lowest BCUT2D eigenvalue weighted by molar-refractivity contribution is 0.269. The maximum Gasteiger partial charge on any atom is 0.123 e. The molecule has 4 aromatic rings. The number of hydrogen-bond acceptors (Lipinski definition) is 5. The van der Waals surface area contributed by atoms with Crippen LogP contribution in [-0.4, -0.2) is 36.4 Å². The van der Waals surface area contributed by atoms with Crippen molar-refractivity contribution in [3.8, 4) is 11.1 Å². The highest BCUT2D eigenvalue weighted by Crippen LogP contribution is 2.25. The summed E-state index contributed by atoms with van der Waals surface area (Å²) < 4.78 is 15.0. The Bertz CT molecular complexity index is 1130. The van der Waals surface area contributed by atoms with Gasteiger partial charge in [-0.2, -0.15) is 5.10 Å². The third-order valence-electron chi connectivity index (χ3n) is 5.16. The number of pyridine rings is 1. The Morgan fingerprint density at radius 2 is 1.81 bits per heavy atom. The third kappa shape index (κ3) is 5.38. The Morgan fingerprint density at radius 1 is 1.00 bits per heavy atom. The summed E-state index contributed by atoms with van der Waals surface area (Å²) in [5, 5.41) is 13.5. The SMILES string of the molecule is C[C@H](Cc1cc(-c2cnn(CCO)c2)cc(Cc2cnccn2)n1)c1ccc(F)cc1. The smallest absolute Gasteiger partial charge is 0.123 e. The average Bonchev–Trinajstić information content (AvgIpc) is 3.24. The molecule has 0 unspecified atom stereocenters. The minimum atomic E-state index is -0.234. The van der Waals surface area contributed by atoms with Crippen molar-refractivity contribution in [2.24, 2.45) is 0 Å². The van der Waals surface area contributed by atoms with Gasteiger partial charge in [0, 0.05) is 48.2 Å². The number of nitrogens with zero attached hydrogens (tertiary/aromatic N) is 5. The van der Waals surface area contributed by atoms with Crippen LogP contribution in [0.25, 0.3) is 11.1 Å². The fraction of sp³-hybridized carbons (Fsp3) is 0.250. The van der Waals surface area contributed by atoms with Crippen LogP contribution in [0.4, 0.5) is 4.39 Å². The molecule has 0 aliphatic rings. The zero-order valence-corrected chi connectivity index (χ0v) is 17.3. The first kappa shape index (κ1) is 20.8. The van der Waals surface area contributed by atoms with E-state index in [4.69, 9.17) is 10.1 Å². The van der Waals surface area contributed by atoms with Crippen LogP contribution in [-0.2, 0) is 19.4 Å². The maximum atomic E-state index is 13.3. The van der Waals surface area contributed by atoms with Crippen molar-refractivity contribution in [3.05, 3.63) is 95.8 Å². The van der Waals surface area contributed by atoms with Crippen LogP contribution in [0.5, 0.6) is 0 Å². The van der Waals surface area contributed by atoms with E-state index in [2.05, 4.69) is 28.1 Å². The van der Waals surface area contributed by atoms with Crippen LogP contribution in [0.1, 0.15) is 35.5 Å². The molecule has 1 atom stereocenters. The van der Waals surface area contributed by atoms with Gasteiger partial charge >= 0.3 is 0 Å². The van der Waals surface area contributed by atoms with Gasteiger partial charge in [0.05, 0.1) is 25.0 Å². The summed E-state index contributed by atoms with van der Waals surface area (Å²) in [4.78, 5) is 13.4. The Morgan fingerprint density at radius 3 is 2.55 bits per heavy atom. The van der Waals surface area contributed by atoms with E-state index in [9.17, 15) is 4.39 Å².